The molecule has 0 bridgehead atoms. The number of carbonyl (C=O) groups is 1. The monoisotopic (exact) mass is 410 g/mol. The van der Waals surface area contributed by atoms with Crippen molar-refractivity contribution in [1.82, 2.24) is 0 Å². The summed E-state index contributed by atoms with van der Waals surface area (Å²) in [6.07, 6.45) is 2.04. The summed E-state index contributed by atoms with van der Waals surface area (Å²) in [4.78, 5) is 11.9. The molecule has 0 spiro atoms. The summed E-state index contributed by atoms with van der Waals surface area (Å²) in [6.45, 7) is 13.4. The van der Waals surface area contributed by atoms with Crippen LogP contribution in [0.4, 0.5) is 4.39 Å². The fourth-order valence-electron chi connectivity index (χ4n) is 3.18. The van der Waals surface area contributed by atoms with E-state index >= 15 is 0 Å². The molecule has 0 aromatic heterocycles. The number of hydrogen-bond donors (Lipinski definition) is 0. The van der Waals surface area contributed by atoms with E-state index in [2.05, 4.69) is 13.8 Å². The minimum absolute atomic E-state index is 0.0892. The molecule has 1 aliphatic heterocycles. The number of esters is 1. The molecule has 2 rings (SSSR count). The molecule has 28 heavy (non-hydrogen) atoms. The van der Waals surface area contributed by atoms with Crippen molar-refractivity contribution >= 4 is 28.7 Å². The second-order valence-electron chi connectivity index (χ2n) is 7.50. The summed E-state index contributed by atoms with van der Waals surface area (Å²) < 4.78 is 31.3. The average Bonchev–Trinajstić information content (AvgIpc) is 2.62. The molecule has 154 valence electrons. The molecule has 0 saturated carbocycles. The summed E-state index contributed by atoms with van der Waals surface area (Å²) in [5, 5.41) is 0.268. The van der Waals surface area contributed by atoms with Crippen molar-refractivity contribution in [2.75, 3.05) is 13.2 Å². The fourth-order valence-corrected chi connectivity index (χ4v) is 3.48. The maximum atomic E-state index is 14.7. The molecular formula is C22H28ClFO4. The lowest BCUT2D eigenvalue weighted by Crippen LogP contribution is -2.30. The van der Waals surface area contributed by atoms with Crippen molar-refractivity contribution in [2.24, 2.45) is 5.92 Å². The van der Waals surface area contributed by atoms with Gasteiger partial charge in [0.05, 0.1) is 13.2 Å². The Kier molecular flexibility index (Phi) is 6.81. The Balaban J connectivity index is 2.79. The third-order valence-corrected chi connectivity index (χ3v) is 4.80. The van der Waals surface area contributed by atoms with Crippen LogP contribution in [0.5, 0.6) is 11.5 Å². The van der Waals surface area contributed by atoms with Crippen LogP contribution < -0.4 is 9.47 Å². The largest absolute Gasteiger partial charge is 0.492 e. The Hall–Kier alpha value is -2.01. The minimum atomic E-state index is -1.01. The Labute approximate surface area is 171 Å². The maximum Gasteiger partial charge on any atom is 0.367 e. The average molecular weight is 411 g/mol. The lowest BCUT2D eigenvalue weighted by atomic mass is 9.86. The molecule has 4 nitrogen and oxygen atoms in total. The number of rotatable bonds is 6. The minimum Gasteiger partial charge on any atom is -0.492 e. The molecule has 0 unspecified atom stereocenters. The smallest absolute Gasteiger partial charge is 0.367 e. The fraction of sp³-hybridized carbons (Fsp3) is 0.500. The Morgan fingerprint density at radius 2 is 1.93 bits per heavy atom. The highest BCUT2D eigenvalue weighted by atomic mass is 35.5. The predicted octanol–water partition coefficient (Wildman–Crippen LogP) is 6.21. The van der Waals surface area contributed by atoms with E-state index in [0.717, 1.165) is 11.1 Å². The second-order valence-corrected chi connectivity index (χ2v) is 7.87. The van der Waals surface area contributed by atoms with Crippen LogP contribution in [0.1, 0.15) is 59.6 Å². The third-order valence-electron chi connectivity index (χ3n) is 4.45. The van der Waals surface area contributed by atoms with Gasteiger partial charge in [0, 0.05) is 16.7 Å². The van der Waals surface area contributed by atoms with Gasteiger partial charge < -0.3 is 14.2 Å². The van der Waals surface area contributed by atoms with Gasteiger partial charge in [-0.3, -0.25) is 0 Å². The number of ether oxygens (including phenoxy) is 3. The highest BCUT2D eigenvalue weighted by Gasteiger charge is 2.33. The molecule has 1 aromatic carbocycles. The molecule has 1 aromatic rings. The van der Waals surface area contributed by atoms with Gasteiger partial charge in [0.15, 0.2) is 5.75 Å². The maximum absolute atomic E-state index is 14.7. The molecule has 0 radical (unpaired) electrons. The highest BCUT2D eigenvalue weighted by Crippen LogP contribution is 2.50. The van der Waals surface area contributed by atoms with Crippen LogP contribution in [0, 0.1) is 5.92 Å². The zero-order chi connectivity index (χ0) is 21.2. The lowest BCUT2D eigenvalue weighted by Gasteiger charge is -2.34. The van der Waals surface area contributed by atoms with Gasteiger partial charge in [-0.15, -0.1) is 0 Å². The van der Waals surface area contributed by atoms with E-state index in [0.29, 0.717) is 23.7 Å². The van der Waals surface area contributed by atoms with Crippen molar-refractivity contribution in [3.8, 4) is 11.5 Å². The molecule has 0 atom stereocenters. The first-order valence-corrected chi connectivity index (χ1v) is 9.87. The second kappa shape index (κ2) is 8.56. The van der Waals surface area contributed by atoms with Gasteiger partial charge >= 0.3 is 5.97 Å². The van der Waals surface area contributed by atoms with Crippen molar-refractivity contribution in [1.29, 1.82) is 0 Å². The number of carbonyl (C=O) groups excluding carboxylic acids is 1. The molecular weight excluding hydrogens is 383 g/mol. The number of benzene rings is 1. The molecule has 1 aliphatic rings. The molecule has 1 heterocycles. The Morgan fingerprint density at radius 1 is 1.29 bits per heavy atom. The van der Waals surface area contributed by atoms with Gasteiger partial charge in [-0.05, 0) is 58.3 Å². The molecule has 0 aliphatic carbocycles. The van der Waals surface area contributed by atoms with Crippen LogP contribution in [0.25, 0.3) is 11.1 Å². The van der Waals surface area contributed by atoms with Crippen molar-refractivity contribution in [2.45, 2.75) is 54.1 Å². The summed E-state index contributed by atoms with van der Waals surface area (Å²) >= 11 is 6.66. The van der Waals surface area contributed by atoms with Crippen molar-refractivity contribution in [3.05, 3.63) is 34.1 Å². The Bertz CT molecular complexity index is 837. The van der Waals surface area contributed by atoms with Crippen molar-refractivity contribution < 1.29 is 23.4 Å². The quantitative estimate of drug-likeness (QED) is 0.413. The van der Waals surface area contributed by atoms with E-state index in [9.17, 15) is 9.18 Å². The van der Waals surface area contributed by atoms with Gasteiger partial charge in [0.2, 0.25) is 5.83 Å². The van der Waals surface area contributed by atoms with E-state index < -0.39 is 17.4 Å². The number of halogens is 2. The number of allylic oxidation sites excluding steroid dienone is 2. The molecule has 0 saturated heterocycles. The van der Waals surface area contributed by atoms with Crippen LogP contribution in [0.2, 0.25) is 5.02 Å². The van der Waals surface area contributed by atoms with Crippen LogP contribution in [0.3, 0.4) is 0 Å². The van der Waals surface area contributed by atoms with Gasteiger partial charge in [0.25, 0.3) is 0 Å². The molecule has 0 N–H and O–H groups in total. The van der Waals surface area contributed by atoms with Crippen molar-refractivity contribution in [3.63, 3.8) is 0 Å². The SMILES string of the molecule is CCOC(=O)C(F)=C(C)c1cc2c(c(Cl)c1OCC)OC(C)(C)C=C2C(C)C. The molecule has 0 amide bonds. The Morgan fingerprint density at radius 3 is 2.46 bits per heavy atom. The van der Waals surface area contributed by atoms with Gasteiger partial charge in [0.1, 0.15) is 16.4 Å². The summed E-state index contributed by atoms with van der Waals surface area (Å²) in [5.41, 5.74) is 1.80. The standard InChI is InChI=1S/C22H28ClFO4/c1-8-26-19-14(13(5)18(24)21(25)27-9-2)10-15-16(12(3)4)11-22(6,7)28-20(15)17(19)23/h10-12H,8-9H2,1-7H3. The summed E-state index contributed by atoms with van der Waals surface area (Å²) in [5.74, 6) is -0.975. The number of hydrogen-bond acceptors (Lipinski definition) is 4. The first kappa shape index (κ1) is 22.3. The van der Waals surface area contributed by atoms with E-state index in [1.165, 1.54) is 6.92 Å². The molecule has 6 heteroatoms. The first-order valence-electron chi connectivity index (χ1n) is 9.49. The highest BCUT2D eigenvalue weighted by molar-refractivity contribution is 6.34. The lowest BCUT2D eigenvalue weighted by molar-refractivity contribution is -0.140. The van der Waals surface area contributed by atoms with Crippen LogP contribution in [-0.4, -0.2) is 24.8 Å². The van der Waals surface area contributed by atoms with E-state index in [1.807, 2.05) is 26.8 Å². The zero-order valence-electron chi connectivity index (χ0n) is 17.5. The van der Waals surface area contributed by atoms with Gasteiger partial charge in [-0.2, -0.15) is 4.39 Å². The van der Waals surface area contributed by atoms with E-state index in [1.54, 1.807) is 13.0 Å². The van der Waals surface area contributed by atoms with Gasteiger partial charge in [-0.1, -0.05) is 25.4 Å². The van der Waals surface area contributed by atoms with Crippen LogP contribution >= 0.6 is 11.6 Å². The zero-order valence-corrected chi connectivity index (χ0v) is 18.3. The van der Waals surface area contributed by atoms with Crippen LogP contribution in [0.15, 0.2) is 18.0 Å². The summed E-state index contributed by atoms with van der Waals surface area (Å²) in [6, 6.07) is 1.78. The van der Waals surface area contributed by atoms with E-state index in [4.69, 9.17) is 25.8 Å². The topological polar surface area (TPSA) is 44.8 Å². The predicted molar refractivity (Wildman–Crippen MR) is 110 cm³/mol. The molecule has 0 fully saturated rings. The first-order chi connectivity index (χ1) is 13.0. The third kappa shape index (κ3) is 4.35. The summed E-state index contributed by atoms with van der Waals surface area (Å²) in [7, 11) is 0. The van der Waals surface area contributed by atoms with Gasteiger partial charge in [-0.25, -0.2) is 4.79 Å². The van der Waals surface area contributed by atoms with Crippen LogP contribution in [-0.2, 0) is 9.53 Å². The normalized spacial score (nSPS) is 16.0. The van der Waals surface area contributed by atoms with E-state index in [-0.39, 0.29) is 23.1 Å². The number of fused-ring (bicyclic) bond motifs is 1.